The first kappa shape index (κ1) is 19.7. The highest BCUT2D eigenvalue weighted by atomic mass is 32.2. The number of benzene rings is 1. The van der Waals surface area contributed by atoms with Gasteiger partial charge in [-0.25, -0.2) is 8.93 Å². The number of hydrogen-bond acceptors (Lipinski definition) is 4. The number of Topliss-reactive ketones (excluding diaryl/α,β-unsaturated/α-hetero) is 1. The molecule has 128 valence electrons. The van der Waals surface area contributed by atoms with Crippen molar-refractivity contribution in [3.8, 4) is 0 Å². The molecule has 0 fully saturated rings. The second-order valence-electron chi connectivity index (χ2n) is 5.36. The first-order valence-electron chi connectivity index (χ1n) is 7.60. The van der Waals surface area contributed by atoms with E-state index in [1.807, 2.05) is 50.3 Å². The normalized spacial score (nSPS) is 14.3. The van der Waals surface area contributed by atoms with Crippen LogP contribution in [0.15, 0.2) is 41.3 Å². The summed E-state index contributed by atoms with van der Waals surface area (Å²) in [7, 11) is 2.01. The fourth-order valence-electron chi connectivity index (χ4n) is 1.97. The lowest BCUT2D eigenvalue weighted by Gasteiger charge is -2.16. The molecular formula is C17H26N2O3S. The second-order valence-corrected chi connectivity index (χ2v) is 6.60. The number of hydroxylamine groups is 2. The highest BCUT2D eigenvalue weighted by Gasteiger charge is 2.15. The molecule has 6 heteroatoms. The Balaban J connectivity index is 2.59. The molecule has 1 aromatic rings. The van der Waals surface area contributed by atoms with Gasteiger partial charge in [0.05, 0.1) is 12.0 Å². The molecule has 0 spiro atoms. The SMILES string of the molecule is C/C=C/[C@@H](CC(=O)CCN(C)OC)N[S@@](=O)c1ccc(C)cc1. The zero-order chi connectivity index (χ0) is 17.2. The van der Waals surface area contributed by atoms with E-state index in [0.29, 0.717) is 24.3 Å². The molecule has 0 aliphatic heterocycles. The van der Waals surface area contributed by atoms with E-state index in [0.717, 1.165) is 5.56 Å². The molecule has 0 aliphatic carbocycles. The van der Waals surface area contributed by atoms with E-state index < -0.39 is 11.0 Å². The molecule has 23 heavy (non-hydrogen) atoms. The van der Waals surface area contributed by atoms with E-state index in [4.69, 9.17) is 4.84 Å². The van der Waals surface area contributed by atoms with Crippen molar-refractivity contribution in [2.45, 2.75) is 37.6 Å². The van der Waals surface area contributed by atoms with Crippen LogP contribution >= 0.6 is 0 Å². The monoisotopic (exact) mass is 338 g/mol. The molecule has 0 radical (unpaired) electrons. The Morgan fingerprint density at radius 1 is 1.39 bits per heavy atom. The van der Waals surface area contributed by atoms with E-state index in [2.05, 4.69) is 4.72 Å². The van der Waals surface area contributed by atoms with Crippen molar-refractivity contribution in [2.75, 3.05) is 20.7 Å². The Bertz CT molecular complexity index is 543. The van der Waals surface area contributed by atoms with Crippen molar-refractivity contribution >= 4 is 16.8 Å². The molecule has 0 bridgehead atoms. The van der Waals surface area contributed by atoms with Crippen LogP contribution in [0.25, 0.3) is 0 Å². The summed E-state index contributed by atoms with van der Waals surface area (Å²) in [6, 6.07) is 7.26. The minimum absolute atomic E-state index is 0.102. The summed E-state index contributed by atoms with van der Waals surface area (Å²) in [5, 5.41) is 1.61. The lowest BCUT2D eigenvalue weighted by Crippen LogP contribution is -2.32. The number of nitrogens with zero attached hydrogens (tertiary/aromatic N) is 1. The van der Waals surface area contributed by atoms with Gasteiger partial charge in [-0.2, -0.15) is 5.06 Å². The van der Waals surface area contributed by atoms with E-state index in [9.17, 15) is 9.00 Å². The number of carbonyl (C=O) groups excluding carboxylic acids is 1. The largest absolute Gasteiger partial charge is 0.303 e. The van der Waals surface area contributed by atoms with Crippen LogP contribution in [0.3, 0.4) is 0 Å². The third kappa shape index (κ3) is 7.65. The maximum absolute atomic E-state index is 12.4. The molecule has 0 heterocycles. The van der Waals surface area contributed by atoms with Crippen LogP contribution in [0.2, 0.25) is 0 Å². The first-order chi connectivity index (χ1) is 11.0. The van der Waals surface area contributed by atoms with Crippen LogP contribution in [0.5, 0.6) is 0 Å². The smallest absolute Gasteiger partial charge is 0.136 e. The average molecular weight is 338 g/mol. The van der Waals surface area contributed by atoms with Crippen LogP contribution in [-0.2, 0) is 20.6 Å². The molecule has 5 nitrogen and oxygen atoms in total. The van der Waals surface area contributed by atoms with Crippen molar-refractivity contribution < 1.29 is 13.8 Å². The Hall–Kier alpha value is -1.34. The number of aryl methyl sites for hydroxylation is 1. The third-order valence-electron chi connectivity index (χ3n) is 3.38. The Labute approximate surface area is 141 Å². The minimum Gasteiger partial charge on any atom is -0.303 e. The summed E-state index contributed by atoms with van der Waals surface area (Å²) in [6.07, 6.45) is 4.43. The summed E-state index contributed by atoms with van der Waals surface area (Å²) >= 11 is 0. The van der Waals surface area contributed by atoms with Gasteiger partial charge in [0.2, 0.25) is 0 Å². The van der Waals surface area contributed by atoms with Crippen LogP contribution < -0.4 is 4.72 Å². The van der Waals surface area contributed by atoms with Gasteiger partial charge in [0.25, 0.3) is 0 Å². The zero-order valence-corrected chi connectivity index (χ0v) is 15.1. The minimum atomic E-state index is -1.34. The van der Waals surface area contributed by atoms with Gasteiger partial charge in [-0.15, -0.1) is 0 Å². The van der Waals surface area contributed by atoms with Crippen molar-refractivity contribution in [3.63, 3.8) is 0 Å². The molecule has 1 rings (SSSR count). The topological polar surface area (TPSA) is 58.6 Å². The standard InChI is InChI=1S/C17H26N2O3S/c1-5-6-15(13-16(20)11-12-19(3)22-4)18-23(21)17-9-7-14(2)8-10-17/h5-10,15,18H,11-13H2,1-4H3/b6-5+/t15-,23-/m0/s1. The van der Waals surface area contributed by atoms with Crippen molar-refractivity contribution in [3.05, 3.63) is 42.0 Å². The maximum atomic E-state index is 12.4. The third-order valence-corrected chi connectivity index (χ3v) is 4.60. The lowest BCUT2D eigenvalue weighted by atomic mass is 10.1. The van der Waals surface area contributed by atoms with E-state index in [-0.39, 0.29) is 11.8 Å². The van der Waals surface area contributed by atoms with Gasteiger partial charge in [-0.05, 0) is 26.0 Å². The van der Waals surface area contributed by atoms with Crippen LogP contribution in [0, 0.1) is 6.92 Å². The number of nitrogens with one attached hydrogen (secondary N) is 1. The first-order valence-corrected chi connectivity index (χ1v) is 8.75. The summed E-state index contributed by atoms with van der Waals surface area (Å²) in [5.41, 5.74) is 1.12. The quantitative estimate of drug-likeness (QED) is 0.526. The highest BCUT2D eigenvalue weighted by molar-refractivity contribution is 7.83. The van der Waals surface area contributed by atoms with Gasteiger partial charge in [-0.3, -0.25) is 4.79 Å². The van der Waals surface area contributed by atoms with Gasteiger partial charge in [0.1, 0.15) is 16.8 Å². The summed E-state index contributed by atoms with van der Waals surface area (Å²) in [6.45, 7) is 4.41. The van der Waals surface area contributed by atoms with E-state index in [1.165, 1.54) is 0 Å². The predicted octanol–water partition coefficient (Wildman–Crippen LogP) is 2.39. The molecule has 0 saturated heterocycles. The second kappa shape index (κ2) is 10.4. The van der Waals surface area contributed by atoms with Crippen molar-refractivity contribution in [1.82, 2.24) is 9.79 Å². The molecule has 0 aliphatic rings. The van der Waals surface area contributed by atoms with Crippen molar-refractivity contribution in [2.24, 2.45) is 0 Å². The Morgan fingerprint density at radius 2 is 2.04 bits per heavy atom. The average Bonchev–Trinajstić information content (AvgIpc) is 2.53. The fraction of sp³-hybridized carbons (Fsp3) is 0.471. The van der Waals surface area contributed by atoms with E-state index >= 15 is 0 Å². The lowest BCUT2D eigenvalue weighted by molar-refractivity contribution is -0.128. The molecule has 0 amide bonds. The molecule has 1 aromatic carbocycles. The molecule has 0 unspecified atom stereocenters. The van der Waals surface area contributed by atoms with Crippen LogP contribution in [-0.4, -0.2) is 41.8 Å². The van der Waals surface area contributed by atoms with E-state index in [1.54, 1.807) is 19.2 Å². The molecule has 0 aromatic heterocycles. The number of rotatable bonds is 10. The van der Waals surface area contributed by atoms with Gasteiger partial charge in [-0.1, -0.05) is 29.8 Å². The fourth-order valence-corrected chi connectivity index (χ4v) is 2.93. The van der Waals surface area contributed by atoms with Gasteiger partial charge in [0.15, 0.2) is 0 Å². The molecule has 1 N–H and O–H groups in total. The molecular weight excluding hydrogens is 312 g/mol. The maximum Gasteiger partial charge on any atom is 0.136 e. The predicted molar refractivity (Wildman–Crippen MR) is 93.2 cm³/mol. The molecule has 0 saturated carbocycles. The Kier molecular flexibility index (Phi) is 8.94. The van der Waals surface area contributed by atoms with Crippen molar-refractivity contribution in [1.29, 1.82) is 0 Å². The number of allylic oxidation sites excluding steroid dienone is 1. The summed E-state index contributed by atoms with van der Waals surface area (Å²) in [5.74, 6) is 0.102. The van der Waals surface area contributed by atoms with Crippen LogP contribution in [0.4, 0.5) is 0 Å². The Morgan fingerprint density at radius 3 is 2.61 bits per heavy atom. The van der Waals surface area contributed by atoms with Crippen LogP contribution in [0.1, 0.15) is 25.3 Å². The number of carbonyl (C=O) groups is 1. The molecule has 2 atom stereocenters. The zero-order valence-electron chi connectivity index (χ0n) is 14.2. The summed E-state index contributed by atoms with van der Waals surface area (Å²) in [4.78, 5) is 17.7. The highest BCUT2D eigenvalue weighted by Crippen LogP contribution is 2.09. The number of hydrogen-bond donors (Lipinski definition) is 1. The number of ketones is 1. The van der Waals surface area contributed by atoms with Gasteiger partial charge in [0, 0.05) is 32.5 Å². The van der Waals surface area contributed by atoms with Gasteiger partial charge < -0.3 is 4.84 Å². The van der Waals surface area contributed by atoms with Gasteiger partial charge >= 0.3 is 0 Å². The summed E-state index contributed by atoms with van der Waals surface area (Å²) < 4.78 is 15.4.